The van der Waals surface area contributed by atoms with E-state index < -0.39 is 21.7 Å². The molecule has 0 fully saturated rings. The molecule has 168 valence electrons. The zero-order valence-electron chi connectivity index (χ0n) is 17.1. The number of nitro benzene ring substituents is 1. The van der Waals surface area contributed by atoms with E-state index in [1.165, 1.54) is 36.4 Å². The third-order valence-electron chi connectivity index (χ3n) is 4.28. The molecule has 1 amide bonds. The van der Waals surface area contributed by atoms with Crippen molar-refractivity contribution in [2.24, 2.45) is 5.10 Å². The zero-order chi connectivity index (χ0) is 24.0. The van der Waals surface area contributed by atoms with Gasteiger partial charge in [0.05, 0.1) is 21.1 Å². The molecule has 1 N–H and O–H groups in total. The number of aromatic nitrogens is 2. The van der Waals surface area contributed by atoms with E-state index in [0.29, 0.717) is 11.3 Å². The highest BCUT2D eigenvalue weighted by Crippen LogP contribution is 2.17. The number of hydrogen-bond donors (Lipinski definition) is 1. The lowest BCUT2D eigenvalue weighted by atomic mass is 10.1. The summed E-state index contributed by atoms with van der Waals surface area (Å²) in [6.07, 6.45) is 2.17. The Labute approximate surface area is 185 Å². The number of ether oxygens (including phenoxy) is 1. The second-order valence-electron chi connectivity index (χ2n) is 6.60. The molecule has 13 heteroatoms. The zero-order valence-corrected chi connectivity index (χ0v) is 17.1. The van der Waals surface area contributed by atoms with Gasteiger partial charge in [0.15, 0.2) is 0 Å². The molecule has 0 aliphatic carbocycles. The molecule has 0 saturated heterocycles. The fourth-order valence-corrected chi connectivity index (χ4v) is 2.58. The topological polar surface area (TPSA) is 172 Å². The largest absolute Gasteiger partial charge is 0.423 e. The van der Waals surface area contributed by atoms with Crippen molar-refractivity contribution in [2.45, 2.75) is 13.5 Å². The summed E-state index contributed by atoms with van der Waals surface area (Å²) in [5, 5.41) is 29.0. The van der Waals surface area contributed by atoms with Crippen LogP contribution in [0.3, 0.4) is 0 Å². The summed E-state index contributed by atoms with van der Waals surface area (Å²) in [5.41, 5.74) is 3.23. The first-order chi connectivity index (χ1) is 15.7. The minimum atomic E-state index is -0.672. The van der Waals surface area contributed by atoms with Crippen molar-refractivity contribution in [3.05, 3.63) is 92.3 Å². The van der Waals surface area contributed by atoms with E-state index in [9.17, 15) is 29.8 Å². The van der Waals surface area contributed by atoms with E-state index in [4.69, 9.17) is 4.74 Å². The Morgan fingerprint density at radius 1 is 1.00 bits per heavy atom. The van der Waals surface area contributed by atoms with E-state index >= 15 is 0 Å². The van der Waals surface area contributed by atoms with Crippen LogP contribution in [0.15, 0.2) is 66.0 Å². The van der Waals surface area contributed by atoms with Crippen LogP contribution in [0.2, 0.25) is 0 Å². The van der Waals surface area contributed by atoms with Gasteiger partial charge in [-0.2, -0.15) is 10.2 Å². The van der Waals surface area contributed by atoms with Crippen molar-refractivity contribution in [2.75, 3.05) is 0 Å². The molecule has 1 heterocycles. The van der Waals surface area contributed by atoms with Crippen LogP contribution in [0.25, 0.3) is 0 Å². The summed E-state index contributed by atoms with van der Waals surface area (Å²) in [6.45, 7) is 1.40. The number of hydrazone groups is 1. The highest BCUT2D eigenvalue weighted by Gasteiger charge is 2.13. The molecule has 3 aromatic rings. The van der Waals surface area contributed by atoms with Gasteiger partial charge in [-0.25, -0.2) is 10.2 Å². The van der Waals surface area contributed by atoms with Crippen molar-refractivity contribution in [3.63, 3.8) is 0 Å². The quantitative estimate of drug-likeness (QED) is 0.178. The Bertz CT molecular complexity index is 1230. The molecule has 2 aromatic carbocycles. The van der Waals surface area contributed by atoms with Gasteiger partial charge in [-0.15, -0.1) is 0 Å². The molecule has 0 bridgehead atoms. The maximum Gasteiger partial charge on any atom is 0.343 e. The van der Waals surface area contributed by atoms with Crippen molar-refractivity contribution in [1.82, 2.24) is 15.2 Å². The Hall–Kier alpha value is -4.94. The van der Waals surface area contributed by atoms with Crippen LogP contribution in [-0.4, -0.2) is 37.2 Å². The first-order valence-corrected chi connectivity index (χ1v) is 9.30. The molecule has 1 aromatic heterocycles. The van der Waals surface area contributed by atoms with Crippen LogP contribution in [0.5, 0.6) is 5.75 Å². The fourth-order valence-electron chi connectivity index (χ4n) is 2.58. The van der Waals surface area contributed by atoms with Gasteiger partial charge < -0.3 is 4.74 Å². The number of rotatable bonds is 8. The van der Waals surface area contributed by atoms with E-state index in [-0.39, 0.29) is 29.2 Å². The highest BCUT2D eigenvalue weighted by molar-refractivity contribution is 5.99. The Morgan fingerprint density at radius 2 is 1.61 bits per heavy atom. The lowest BCUT2D eigenvalue weighted by Gasteiger charge is -2.06. The lowest BCUT2D eigenvalue weighted by molar-refractivity contribution is -0.385. The van der Waals surface area contributed by atoms with E-state index in [1.807, 2.05) is 0 Å². The van der Waals surface area contributed by atoms with Gasteiger partial charge in [0.2, 0.25) is 0 Å². The molecule has 0 spiro atoms. The van der Waals surface area contributed by atoms with Crippen LogP contribution in [0.1, 0.15) is 22.8 Å². The number of carbonyl (C=O) groups excluding carboxylic acids is 2. The van der Waals surface area contributed by atoms with Crippen LogP contribution in [0.4, 0.5) is 11.4 Å². The van der Waals surface area contributed by atoms with Crippen LogP contribution in [0, 0.1) is 20.2 Å². The summed E-state index contributed by atoms with van der Waals surface area (Å²) in [5.74, 6) is -0.950. The molecule has 0 saturated carbocycles. The number of nitrogens with zero attached hydrogens (tertiary/aromatic N) is 5. The van der Waals surface area contributed by atoms with Gasteiger partial charge in [-0.05, 0) is 48.9 Å². The predicted octanol–water partition coefficient (Wildman–Crippen LogP) is 2.46. The third-order valence-corrected chi connectivity index (χ3v) is 4.28. The van der Waals surface area contributed by atoms with Crippen LogP contribution >= 0.6 is 0 Å². The standard InChI is InChI=1S/C20H16N6O7/c1-13(22-23-19(27)12-24-11-17(10-21-24)26(31)32)14-4-8-18(9-5-14)33-20(28)15-2-6-16(7-3-15)25(29)30/h2-11H,12H2,1H3,(H,23,27). The summed E-state index contributed by atoms with van der Waals surface area (Å²) < 4.78 is 6.36. The lowest BCUT2D eigenvalue weighted by Crippen LogP contribution is -2.24. The summed E-state index contributed by atoms with van der Waals surface area (Å²) in [6, 6.07) is 11.3. The smallest absolute Gasteiger partial charge is 0.343 e. The van der Waals surface area contributed by atoms with E-state index in [1.54, 1.807) is 19.1 Å². The number of nitrogens with one attached hydrogen (secondary N) is 1. The fraction of sp³-hybridized carbons (Fsp3) is 0.100. The number of carbonyl (C=O) groups is 2. The van der Waals surface area contributed by atoms with Crippen LogP contribution < -0.4 is 10.2 Å². The maximum absolute atomic E-state index is 12.2. The molecule has 0 atom stereocenters. The number of esters is 1. The number of nitro groups is 2. The normalized spacial score (nSPS) is 11.0. The molecule has 3 rings (SSSR count). The number of hydrogen-bond acceptors (Lipinski definition) is 9. The Morgan fingerprint density at radius 3 is 2.18 bits per heavy atom. The summed E-state index contributed by atoms with van der Waals surface area (Å²) in [4.78, 5) is 44.3. The molecular formula is C20H16N6O7. The average molecular weight is 452 g/mol. The maximum atomic E-state index is 12.2. The predicted molar refractivity (Wildman–Crippen MR) is 114 cm³/mol. The van der Waals surface area contributed by atoms with Gasteiger partial charge >= 0.3 is 11.7 Å². The first-order valence-electron chi connectivity index (χ1n) is 9.30. The molecule has 13 nitrogen and oxygen atoms in total. The summed E-state index contributed by atoms with van der Waals surface area (Å²) in [7, 11) is 0. The SMILES string of the molecule is CC(=NNC(=O)Cn1cc([N+](=O)[O-])cn1)c1ccc(OC(=O)c2ccc([N+](=O)[O-])cc2)cc1. The van der Waals surface area contributed by atoms with Crippen molar-refractivity contribution in [1.29, 1.82) is 0 Å². The van der Waals surface area contributed by atoms with Crippen LogP contribution in [-0.2, 0) is 11.3 Å². The minimum absolute atomic E-state index is 0.135. The molecule has 0 aliphatic heterocycles. The van der Waals surface area contributed by atoms with Gasteiger partial charge in [-0.3, -0.25) is 29.7 Å². The van der Waals surface area contributed by atoms with Crippen molar-refractivity contribution < 1.29 is 24.2 Å². The average Bonchev–Trinajstić information content (AvgIpc) is 3.27. The van der Waals surface area contributed by atoms with Gasteiger partial charge in [0.1, 0.15) is 24.7 Å². The van der Waals surface area contributed by atoms with Gasteiger partial charge in [0.25, 0.3) is 11.6 Å². The first kappa shape index (κ1) is 22.7. The van der Waals surface area contributed by atoms with Gasteiger partial charge in [0, 0.05) is 12.1 Å². The third kappa shape index (κ3) is 6.04. The molecule has 33 heavy (non-hydrogen) atoms. The number of non-ortho nitro benzene ring substituents is 1. The monoisotopic (exact) mass is 452 g/mol. The second kappa shape index (κ2) is 9.91. The Kier molecular flexibility index (Phi) is 6.83. The van der Waals surface area contributed by atoms with Crippen molar-refractivity contribution >= 4 is 29.0 Å². The van der Waals surface area contributed by atoms with Crippen molar-refractivity contribution in [3.8, 4) is 5.75 Å². The molecule has 0 unspecified atom stereocenters. The number of benzene rings is 2. The summed E-state index contributed by atoms with van der Waals surface area (Å²) >= 11 is 0. The molecule has 0 radical (unpaired) electrons. The van der Waals surface area contributed by atoms with E-state index in [0.717, 1.165) is 17.1 Å². The molecular weight excluding hydrogens is 436 g/mol. The molecule has 0 aliphatic rings. The minimum Gasteiger partial charge on any atom is -0.423 e. The number of amides is 1. The second-order valence-corrected chi connectivity index (χ2v) is 6.60. The Balaban J connectivity index is 1.56. The highest BCUT2D eigenvalue weighted by atomic mass is 16.6. The van der Waals surface area contributed by atoms with Gasteiger partial charge in [-0.1, -0.05) is 0 Å². The van der Waals surface area contributed by atoms with E-state index in [2.05, 4.69) is 15.6 Å².